The maximum atomic E-state index is 10.4. The highest BCUT2D eigenvalue weighted by Crippen LogP contribution is 2.56. The summed E-state index contributed by atoms with van der Waals surface area (Å²) in [7, 11) is 3.10. The van der Waals surface area contributed by atoms with E-state index < -0.39 is 0 Å². The monoisotopic (exact) mass is 542 g/mol. The van der Waals surface area contributed by atoms with E-state index in [4.69, 9.17) is 9.47 Å². The van der Waals surface area contributed by atoms with Crippen LogP contribution in [0.1, 0.15) is 11.1 Å². The second-order valence-electron chi connectivity index (χ2n) is 9.75. The molecule has 42 heavy (non-hydrogen) atoms. The van der Waals surface area contributed by atoms with Crippen molar-refractivity contribution in [2.75, 3.05) is 14.2 Å². The number of methoxy groups -OCH3 is 2. The quantitative estimate of drug-likeness (QED) is 0.210. The predicted octanol–water partition coefficient (Wildman–Crippen LogP) is 9.27. The Balaban J connectivity index is 2.06. The Bertz CT molecular complexity index is 1840. The molecule has 6 aromatic rings. The predicted molar refractivity (Wildman–Crippen MR) is 168 cm³/mol. The summed E-state index contributed by atoms with van der Waals surface area (Å²) in [6.45, 7) is 0. The van der Waals surface area contributed by atoms with E-state index in [1.165, 1.54) is 0 Å². The second kappa shape index (κ2) is 11.3. The molecule has 0 spiro atoms. The Kier molecular flexibility index (Phi) is 7.12. The lowest BCUT2D eigenvalue weighted by atomic mass is 9.77. The van der Waals surface area contributed by atoms with Gasteiger partial charge in [-0.2, -0.15) is 10.5 Å². The zero-order valence-corrected chi connectivity index (χ0v) is 23.3. The first-order chi connectivity index (χ1) is 20.7. The van der Waals surface area contributed by atoms with Crippen LogP contribution in [-0.4, -0.2) is 14.2 Å². The molecule has 0 atom stereocenters. The van der Waals surface area contributed by atoms with Gasteiger partial charge >= 0.3 is 0 Å². The van der Waals surface area contributed by atoms with Crippen molar-refractivity contribution in [2.45, 2.75) is 0 Å². The number of fused-ring (bicyclic) bond motifs is 1. The molecule has 0 fully saturated rings. The van der Waals surface area contributed by atoms with Crippen molar-refractivity contribution in [2.24, 2.45) is 0 Å². The van der Waals surface area contributed by atoms with Gasteiger partial charge in [-0.1, -0.05) is 121 Å². The Hall–Kier alpha value is -5.84. The molecule has 6 aromatic carbocycles. The average molecular weight is 543 g/mol. The van der Waals surface area contributed by atoms with Crippen LogP contribution in [0.25, 0.3) is 55.3 Å². The molecule has 200 valence electrons. The van der Waals surface area contributed by atoms with E-state index >= 15 is 0 Å². The van der Waals surface area contributed by atoms with Gasteiger partial charge in [-0.3, -0.25) is 0 Å². The van der Waals surface area contributed by atoms with Crippen LogP contribution in [0.4, 0.5) is 0 Å². The van der Waals surface area contributed by atoms with Crippen LogP contribution < -0.4 is 9.47 Å². The highest BCUT2D eigenvalue weighted by Gasteiger charge is 2.31. The second-order valence-corrected chi connectivity index (χ2v) is 9.75. The lowest BCUT2D eigenvalue weighted by Gasteiger charge is -2.27. The molecule has 4 nitrogen and oxygen atoms in total. The fourth-order valence-corrected chi connectivity index (χ4v) is 5.88. The van der Waals surface area contributed by atoms with E-state index in [1.54, 1.807) is 14.2 Å². The first-order valence-electron chi connectivity index (χ1n) is 13.6. The molecule has 0 aliphatic heterocycles. The van der Waals surface area contributed by atoms with Crippen molar-refractivity contribution >= 4 is 10.8 Å². The largest absolute Gasteiger partial charge is 0.495 e. The third-order valence-electron chi connectivity index (χ3n) is 7.54. The summed E-state index contributed by atoms with van der Waals surface area (Å²) in [6.07, 6.45) is 0. The van der Waals surface area contributed by atoms with Crippen molar-refractivity contribution in [3.05, 3.63) is 132 Å². The van der Waals surface area contributed by atoms with E-state index in [0.29, 0.717) is 22.3 Å². The van der Waals surface area contributed by atoms with Crippen molar-refractivity contribution < 1.29 is 9.47 Å². The first-order valence-corrected chi connectivity index (χ1v) is 13.6. The van der Waals surface area contributed by atoms with Crippen LogP contribution in [-0.2, 0) is 0 Å². The van der Waals surface area contributed by atoms with Gasteiger partial charge in [0.05, 0.1) is 14.2 Å². The van der Waals surface area contributed by atoms with Gasteiger partial charge in [0.2, 0.25) is 0 Å². The van der Waals surface area contributed by atoms with Crippen LogP contribution in [0.3, 0.4) is 0 Å². The molecule has 0 radical (unpaired) electrons. The molecular weight excluding hydrogens is 516 g/mol. The summed E-state index contributed by atoms with van der Waals surface area (Å²) < 4.78 is 12.1. The fraction of sp³-hybridized carbons (Fsp3) is 0.0526. The number of nitriles is 2. The number of hydrogen-bond donors (Lipinski definition) is 0. The van der Waals surface area contributed by atoms with Crippen LogP contribution in [0, 0.1) is 22.7 Å². The lowest BCUT2D eigenvalue weighted by Crippen LogP contribution is -2.04. The minimum absolute atomic E-state index is 0.145. The first kappa shape index (κ1) is 26.4. The molecule has 0 aliphatic rings. The molecule has 6 rings (SSSR count). The SMILES string of the molecule is COc1c(C#N)c(C#N)c(OC)c2c(-c3ccccc3)c(-c3ccccc3)c(-c3ccccc3)c(-c3ccccc3)c12. The van der Waals surface area contributed by atoms with Gasteiger partial charge in [0, 0.05) is 21.9 Å². The maximum absolute atomic E-state index is 10.4. The van der Waals surface area contributed by atoms with Gasteiger partial charge < -0.3 is 9.47 Å². The van der Waals surface area contributed by atoms with E-state index in [0.717, 1.165) is 44.5 Å². The number of rotatable bonds is 6. The van der Waals surface area contributed by atoms with Crippen molar-refractivity contribution in [3.8, 4) is 68.1 Å². The molecular formula is C38H26N2O2. The highest BCUT2D eigenvalue weighted by molar-refractivity contribution is 6.22. The van der Waals surface area contributed by atoms with Gasteiger partial charge in [-0.05, 0) is 33.4 Å². The van der Waals surface area contributed by atoms with Crippen LogP contribution in [0.15, 0.2) is 121 Å². The maximum Gasteiger partial charge on any atom is 0.146 e. The Morgan fingerprint density at radius 2 is 0.667 bits per heavy atom. The fourth-order valence-electron chi connectivity index (χ4n) is 5.88. The van der Waals surface area contributed by atoms with Gasteiger partial charge in [0.1, 0.15) is 34.8 Å². The van der Waals surface area contributed by atoms with Crippen LogP contribution in [0.2, 0.25) is 0 Å². The highest BCUT2D eigenvalue weighted by atomic mass is 16.5. The average Bonchev–Trinajstić information content (AvgIpc) is 3.07. The van der Waals surface area contributed by atoms with E-state index in [2.05, 4.69) is 60.7 Å². The summed E-state index contributed by atoms with van der Waals surface area (Å²) in [5.41, 5.74) is 7.99. The summed E-state index contributed by atoms with van der Waals surface area (Å²) in [5, 5.41) is 22.2. The third kappa shape index (κ3) is 4.24. The molecule has 4 heteroatoms. The number of ether oxygens (including phenoxy) is 2. The molecule has 0 bridgehead atoms. The Morgan fingerprint density at radius 3 is 0.905 bits per heavy atom. The van der Waals surface area contributed by atoms with E-state index in [-0.39, 0.29) is 11.1 Å². The summed E-state index contributed by atoms with van der Waals surface area (Å²) in [5.74, 6) is 0.690. The van der Waals surface area contributed by atoms with Gasteiger partial charge in [-0.15, -0.1) is 0 Å². The number of benzene rings is 6. The van der Waals surface area contributed by atoms with Crippen LogP contribution >= 0.6 is 0 Å². The lowest BCUT2D eigenvalue weighted by molar-refractivity contribution is 0.408. The molecule has 0 saturated heterocycles. The van der Waals surface area contributed by atoms with Gasteiger partial charge in [-0.25, -0.2) is 0 Å². The number of hydrogen-bond acceptors (Lipinski definition) is 4. The molecule has 0 N–H and O–H groups in total. The van der Waals surface area contributed by atoms with E-state index in [1.807, 2.05) is 72.8 Å². The zero-order chi connectivity index (χ0) is 29.1. The molecule has 0 unspecified atom stereocenters. The topological polar surface area (TPSA) is 66.0 Å². The molecule has 0 aromatic heterocycles. The third-order valence-corrected chi connectivity index (χ3v) is 7.54. The van der Waals surface area contributed by atoms with Gasteiger partial charge in [0.15, 0.2) is 0 Å². The molecule has 0 saturated carbocycles. The number of nitrogens with zero attached hydrogens (tertiary/aromatic N) is 2. The summed E-state index contributed by atoms with van der Waals surface area (Å²) in [6, 6.07) is 45.3. The Morgan fingerprint density at radius 1 is 0.405 bits per heavy atom. The minimum Gasteiger partial charge on any atom is -0.495 e. The Labute approximate surface area is 245 Å². The van der Waals surface area contributed by atoms with Crippen molar-refractivity contribution in [1.82, 2.24) is 0 Å². The van der Waals surface area contributed by atoms with Gasteiger partial charge in [0.25, 0.3) is 0 Å². The molecule has 0 aliphatic carbocycles. The molecule has 0 amide bonds. The summed E-state index contributed by atoms with van der Waals surface area (Å²) >= 11 is 0. The smallest absolute Gasteiger partial charge is 0.146 e. The van der Waals surface area contributed by atoms with Crippen molar-refractivity contribution in [3.63, 3.8) is 0 Å². The van der Waals surface area contributed by atoms with Crippen LogP contribution in [0.5, 0.6) is 11.5 Å². The standard InChI is InChI=1S/C38H26N2O2/c1-41-37-29(23-39)30(24-40)38(42-2)36-34(28-21-13-6-14-22-28)32(26-17-9-4-10-18-26)31(25-15-7-3-8-16-25)33(35(36)37)27-19-11-5-12-20-27/h3-22H,1-2H3. The van der Waals surface area contributed by atoms with Crippen molar-refractivity contribution in [1.29, 1.82) is 10.5 Å². The summed E-state index contributed by atoms with van der Waals surface area (Å²) in [4.78, 5) is 0. The molecule has 0 heterocycles. The minimum atomic E-state index is 0.145. The normalized spacial score (nSPS) is 10.6. The zero-order valence-electron chi connectivity index (χ0n) is 23.3. The van der Waals surface area contributed by atoms with E-state index in [9.17, 15) is 10.5 Å².